The molecule has 226 valence electrons. The van der Waals surface area contributed by atoms with Crippen LogP contribution < -0.4 is 14.5 Å². The summed E-state index contributed by atoms with van der Waals surface area (Å²) in [4.78, 5) is 8.83. The summed E-state index contributed by atoms with van der Waals surface area (Å²) >= 11 is 0. The molecule has 0 unspecified atom stereocenters. The third kappa shape index (κ3) is 5.11. The summed E-state index contributed by atoms with van der Waals surface area (Å²) < 4.78 is 67.8. The Balaban J connectivity index is 1.13. The number of nitrogens with zero attached hydrogens (tertiary/aromatic N) is 5. The molecule has 1 aromatic carbocycles. The Morgan fingerprint density at radius 1 is 0.884 bits per heavy atom. The molecule has 1 spiro atoms. The van der Waals surface area contributed by atoms with Crippen molar-refractivity contribution in [3.8, 4) is 23.0 Å². The molecule has 10 nitrogen and oxygen atoms in total. The lowest BCUT2D eigenvalue weighted by Gasteiger charge is -2.35. The van der Waals surface area contributed by atoms with Crippen molar-refractivity contribution in [3.63, 3.8) is 0 Å². The molecule has 0 radical (unpaired) electrons. The number of halogens is 2. The highest BCUT2D eigenvalue weighted by Gasteiger charge is 2.45. The first kappa shape index (κ1) is 26.9. The summed E-state index contributed by atoms with van der Waals surface area (Å²) in [6.07, 6.45) is 7.16. The number of anilines is 3. The average molecular weight is 611 g/mol. The molecular formula is C30H32F2N6O4S. The van der Waals surface area contributed by atoms with Gasteiger partial charge in [-0.05, 0) is 74.3 Å². The first-order valence-electron chi connectivity index (χ1n) is 14.9. The molecule has 43 heavy (non-hydrogen) atoms. The minimum absolute atomic E-state index is 0.158. The molecule has 4 fully saturated rings. The third-order valence-corrected chi connectivity index (χ3v) is 11.3. The van der Waals surface area contributed by atoms with Crippen molar-refractivity contribution in [1.82, 2.24) is 15.2 Å². The predicted molar refractivity (Wildman–Crippen MR) is 158 cm³/mol. The molecule has 4 aliphatic rings. The molecular weight excluding hydrogens is 578 g/mol. The van der Waals surface area contributed by atoms with Gasteiger partial charge >= 0.3 is 0 Å². The Bertz CT molecular complexity index is 1790. The van der Waals surface area contributed by atoms with E-state index in [2.05, 4.69) is 19.8 Å². The summed E-state index contributed by atoms with van der Waals surface area (Å²) in [6, 6.07) is 9.00. The average Bonchev–Trinajstić information content (AvgIpc) is 3.88. The third-order valence-electron chi connectivity index (χ3n) is 9.43. The summed E-state index contributed by atoms with van der Waals surface area (Å²) in [6.45, 7) is 2.05. The standard InChI is InChI=1S/C30H32F2N6O4S/c31-30(32)10-14-38(15-11-30)26-25-19(5-16-41-25)17-23(33-26)28-35-34-27(42-28)22-4-1-20(36-43(39,40)21-2-3-21)18-24(22)37-12-8-29(6-7-29)9-13-37/h1,4-5,16-18,21,36H,2-3,6-15H2. The number of benzene rings is 1. The van der Waals surface area contributed by atoms with Crippen molar-refractivity contribution in [2.24, 2.45) is 5.41 Å². The number of pyridine rings is 1. The van der Waals surface area contributed by atoms with Crippen molar-refractivity contribution >= 4 is 38.2 Å². The molecule has 8 rings (SSSR count). The van der Waals surface area contributed by atoms with Gasteiger partial charge in [0, 0.05) is 44.4 Å². The number of hydrogen-bond acceptors (Lipinski definition) is 9. The van der Waals surface area contributed by atoms with Crippen LogP contribution >= 0.6 is 0 Å². The van der Waals surface area contributed by atoms with Crippen molar-refractivity contribution in [2.45, 2.75) is 62.5 Å². The Morgan fingerprint density at radius 3 is 2.33 bits per heavy atom. The van der Waals surface area contributed by atoms with Crippen LogP contribution in [0.5, 0.6) is 0 Å². The first-order valence-corrected chi connectivity index (χ1v) is 16.5. The van der Waals surface area contributed by atoms with Crippen LogP contribution in [0, 0.1) is 5.41 Å². The van der Waals surface area contributed by atoms with Gasteiger partial charge in [-0.3, -0.25) is 4.72 Å². The van der Waals surface area contributed by atoms with E-state index in [4.69, 9.17) is 13.8 Å². The number of piperidine rings is 2. The normalized spacial score (nSPS) is 21.4. The fraction of sp³-hybridized carbons (Fsp3) is 0.500. The lowest BCUT2D eigenvalue weighted by atomic mass is 9.93. The number of rotatable bonds is 7. The Kier molecular flexibility index (Phi) is 6.02. The highest BCUT2D eigenvalue weighted by molar-refractivity contribution is 7.93. The van der Waals surface area contributed by atoms with E-state index < -0.39 is 15.9 Å². The number of sulfonamides is 1. The Hall–Kier alpha value is -3.74. The van der Waals surface area contributed by atoms with E-state index >= 15 is 0 Å². The van der Waals surface area contributed by atoms with E-state index in [0.717, 1.165) is 37.0 Å². The number of aromatic nitrogens is 3. The maximum absolute atomic E-state index is 13.9. The van der Waals surface area contributed by atoms with Crippen LogP contribution in [0.3, 0.4) is 0 Å². The Morgan fingerprint density at radius 2 is 1.60 bits per heavy atom. The number of alkyl halides is 2. The van der Waals surface area contributed by atoms with Gasteiger partial charge in [0.05, 0.1) is 28.5 Å². The van der Waals surface area contributed by atoms with Gasteiger partial charge in [0.25, 0.3) is 11.8 Å². The quantitative estimate of drug-likeness (QED) is 0.266. The van der Waals surface area contributed by atoms with Crippen molar-refractivity contribution < 1.29 is 26.0 Å². The highest BCUT2D eigenvalue weighted by atomic mass is 32.2. The second kappa shape index (κ2) is 9.63. The second-order valence-electron chi connectivity index (χ2n) is 12.5. The first-order chi connectivity index (χ1) is 20.7. The predicted octanol–water partition coefficient (Wildman–Crippen LogP) is 6.06. The van der Waals surface area contributed by atoms with Crippen LogP contribution in [-0.4, -0.2) is 61.0 Å². The molecule has 5 heterocycles. The van der Waals surface area contributed by atoms with Gasteiger partial charge in [0.2, 0.25) is 15.9 Å². The van der Waals surface area contributed by atoms with Crippen LogP contribution in [0.1, 0.15) is 51.4 Å². The summed E-state index contributed by atoms with van der Waals surface area (Å²) in [5.74, 6) is -1.72. The lowest BCUT2D eigenvalue weighted by molar-refractivity contribution is -0.0221. The van der Waals surface area contributed by atoms with E-state index in [-0.39, 0.29) is 37.1 Å². The molecule has 0 amide bonds. The van der Waals surface area contributed by atoms with Crippen LogP contribution in [0.25, 0.3) is 34.0 Å². The van der Waals surface area contributed by atoms with Gasteiger partial charge in [-0.2, -0.15) is 0 Å². The second-order valence-corrected chi connectivity index (χ2v) is 14.5. The van der Waals surface area contributed by atoms with Gasteiger partial charge in [0.15, 0.2) is 11.4 Å². The number of nitrogens with one attached hydrogen (secondary N) is 1. The monoisotopic (exact) mass is 610 g/mol. The zero-order valence-electron chi connectivity index (χ0n) is 23.6. The highest BCUT2D eigenvalue weighted by Crippen LogP contribution is 2.54. The van der Waals surface area contributed by atoms with Gasteiger partial charge in [-0.15, -0.1) is 10.2 Å². The molecule has 2 aliphatic carbocycles. The minimum Gasteiger partial charge on any atom is -0.460 e. The van der Waals surface area contributed by atoms with Crippen LogP contribution in [0.2, 0.25) is 0 Å². The number of fused-ring (bicyclic) bond motifs is 1. The maximum Gasteiger partial charge on any atom is 0.266 e. The van der Waals surface area contributed by atoms with Crippen molar-refractivity contribution in [3.05, 3.63) is 36.6 Å². The van der Waals surface area contributed by atoms with Gasteiger partial charge < -0.3 is 18.6 Å². The van der Waals surface area contributed by atoms with Crippen molar-refractivity contribution in [2.75, 3.05) is 40.7 Å². The topological polar surface area (TPSA) is 118 Å². The van der Waals surface area contributed by atoms with E-state index in [1.807, 2.05) is 17.0 Å². The molecule has 0 bridgehead atoms. The van der Waals surface area contributed by atoms with Gasteiger partial charge in [0.1, 0.15) is 5.69 Å². The van der Waals surface area contributed by atoms with E-state index in [0.29, 0.717) is 52.5 Å². The lowest BCUT2D eigenvalue weighted by Crippen LogP contribution is -2.39. The Labute approximate surface area is 247 Å². The van der Waals surface area contributed by atoms with E-state index in [1.165, 1.54) is 12.8 Å². The molecule has 2 saturated carbocycles. The number of furan rings is 1. The van der Waals surface area contributed by atoms with Crippen LogP contribution in [0.4, 0.5) is 26.0 Å². The maximum atomic E-state index is 13.9. The fourth-order valence-electron chi connectivity index (χ4n) is 6.33. The molecule has 3 aromatic heterocycles. The van der Waals surface area contributed by atoms with Crippen LogP contribution in [0.15, 0.2) is 45.4 Å². The molecule has 2 aliphatic heterocycles. The van der Waals surface area contributed by atoms with Crippen LogP contribution in [-0.2, 0) is 10.0 Å². The van der Waals surface area contributed by atoms with E-state index in [9.17, 15) is 17.2 Å². The smallest absolute Gasteiger partial charge is 0.266 e. The zero-order valence-corrected chi connectivity index (χ0v) is 24.4. The number of hydrogen-bond donors (Lipinski definition) is 1. The summed E-state index contributed by atoms with van der Waals surface area (Å²) in [5.41, 5.74) is 3.49. The summed E-state index contributed by atoms with van der Waals surface area (Å²) in [7, 11) is -3.42. The van der Waals surface area contributed by atoms with Crippen molar-refractivity contribution in [1.29, 1.82) is 0 Å². The van der Waals surface area contributed by atoms with Gasteiger partial charge in [-0.25, -0.2) is 22.2 Å². The zero-order chi connectivity index (χ0) is 29.4. The fourth-order valence-corrected chi connectivity index (χ4v) is 7.71. The molecule has 13 heteroatoms. The molecule has 4 aromatic rings. The summed E-state index contributed by atoms with van der Waals surface area (Å²) in [5, 5.41) is 9.12. The molecule has 2 saturated heterocycles. The largest absolute Gasteiger partial charge is 0.460 e. The minimum atomic E-state index is -3.42. The SMILES string of the molecule is O=S(=O)(Nc1ccc(-c2nnc(-c3cc4ccoc4c(N4CCC(F)(F)CC4)n3)o2)c(N2CCC3(CC2)CC3)c1)C1CC1. The molecule has 1 N–H and O–H groups in total. The van der Waals surface area contributed by atoms with Gasteiger partial charge in [-0.1, -0.05) is 0 Å². The molecule has 0 atom stereocenters. The van der Waals surface area contributed by atoms with E-state index in [1.54, 1.807) is 24.5 Å².